The van der Waals surface area contributed by atoms with Crippen molar-refractivity contribution in [1.82, 2.24) is 19.5 Å². The number of hydrogen-bond acceptors (Lipinski definition) is 6. The Morgan fingerprint density at radius 1 is 1.16 bits per heavy atom. The predicted octanol–water partition coefficient (Wildman–Crippen LogP) is 5.56. The highest BCUT2D eigenvalue weighted by atomic mass is 32.1. The van der Waals surface area contributed by atoms with E-state index < -0.39 is 11.7 Å². The van der Waals surface area contributed by atoms with Crippen LogP contribution in [0.25, 0.3) is 11.0 Å². The van der Waals surface area contributed by atoms with E-state index in [1.165, 1.54) is 23.5 Å². The van der Waals surface area contributed by atoms with Crippen LogP contribution in [0.4, 0.5) is 24.0 Å². The number of imidazole rings is 1. The van der Waals surface area contributed by atoms with Gasteiger partial charge >= 0.3 is 6.18 Å². The normalized spacial score (nSPS) is 12.8. The Morgan fingerprint density at radius 3 is 2.61 bits per heavy atom. The van der Waals surface area contributed by atoms with Gasteiger partial charge in [0.25, 0.3) is 0 Å². The summed E-state index contributed by atoms with van der Waals surface area (Å²) in [5.74, 6) is -0.180. The number of aryl methyl sites for hydroxylation is 1. The third-order valence-electron chi connectivity index (χ3n) is 4.86. The molecule has 10 heteroatoms. The smallest absolute Gasteiger partial charge is 0.332 e. The lowest BCUT2D eigenvalue weighted by molar-refractivity contribution is -0.137. The highest BCUT2D eigenvalue weighted by Gasteiger charge is 2.30. The third kappa shape index (κ3) is 4.58. The Bertz CT molecular complexity index is 1230. The molecule has 1 N–H and O–H groups in total. The Labute approximate surface area is 179 Å². The summed E-state index contributed by atoms with van der Waals surface area (Å²) in [6.07, 6.45) is 0.868. The third-order valence-corrected chi connectivity index (χ3v) is 6.01. The fraction of sp³-hybridized carbons (Fsp3) is 0.238. The van der Waals surface area contributed by atoms with E-state index in [-0.39, 0.29) is 18.1 Å². The lowest BCUT2D eigenvalue weighted by Crippen LogP contribution is -2.06. The largest absolute Gasteiger partial charge is 0.416 e. The van der Waals surface area contributed by atoms with Crippen molar-refractivity contribution in [3.63, 3.8) is 0 Å². The number of fused-ring (bicyclic) bond motifs is 1. The second kappa shape index (κ2) is 8.10. The van der Waals surface area contributed by atoms with Crippen LogP contribution in [0.5, 0.6) is 0 Å². The summed E-state index contributed by atoms with van der Waals surface area (Å²) in [7, 11) is 1.86. The molecule has 4 rings (SSSR count). The first kappa shape index (κ1) is 21.0. The molecule has 0 saturated heterocycles. The molecule has 1 unspecified atom stereocenters. The van der Waals surface area contributed by atoms with Crippen molar-refractivity contribution in [2.24, 2.45) is 7.05 Å². The zero-order valence-corrected chi connectivity index (χ0v) is 17.5. The van der Waals surface area contributed by atoms with Crippen LogP contribution in [0.15, 0.2) is 49.1 Å². The molecule has 6 nitrogen and oxygen atoms in total. The summed E-state index contributed by atoms with van der Waals surface area (Å²) >= 11 is 1.36. The Morgan fingerprint density at radius 2 is 1.90 bits per heavy atom. The van der Waals surface area contributed by atoms with Gasteiger partial charge in [-0.15, -0.1) is 11.3 Å². The summed E-state index contributed by atoms with van der Waals surface area (Å²) in [6.45, 7) is 1.92. The first-order valence-electron chi connectivity index (χ1n) is 9.41. The topological polar surface area (TPSA) is 72.7 Å². The number of Topliss-reactive ketones (excluding diaryl/α,β-unsaturated/α-hetero) is 1. The van der Waals surface area contributed by atoms with E-state index in [2.05, 4.69) is 20.3 Å². The van der Waals surface area contributed by atoms with Gasteiger partial charge in [-0.3, -0.25) is 9.78 Å². The molecule has 0 radical (unpaired) electrons. The van der Waals surface area contributed by atoms with Crippen molar-refractivity contribution in [2.45, 2.75) is 25.4 Å². The van der Waals surface area contributed by atoms with E-state index in [1.807, 2.05) is 18.5 Å². The summed E-state index contributed by atoms with van der Waals surface area (Å²) in [6, 6.07) is 6.44. The molecule has 3 heterocycles. The fourth-order valence-corrected chi connectivity index (χ4v) is 3.99. The van der Waals surface area contributed by atoms with Crippen molar-refractivity contribution < 1.29 is 18.0 Å². The summed E-state index contributed by atoms with van der Waals surface area (Å²) < 4.78 is 39.9. The molecule has 0 saturated carbocycles. The molecule has 3 aromatic heterocycles. The van der Waals surface area contributed by atoms with Gasteiger partial charge in [-0.2, -0.15) is 13.2 Å². The van der Waals surface area contributed by atoms with Crippen molar-refractivity contribution in [1.29, 1.82) is 0 Å². The maximum atomic E-state index is 12.7. The van der Waals surface area contributed by atoms with Crippen LogP contribution in [0.3, 0.4) is 0 Å². The summed E-state index contributed by atoms with van der Waals surface area (Å²) in [5.41, 5.74) is 1.74. The van der Waals surface area contributed by atoms with Crippen LogP contribution in [0.2, 0.25) is 0 Å². The SMILES string of the molecule is CC(CC(=O)c1cc2ncn(C)c2cn1)c1cnc(Nc2ccc(C(F)(F)F)cc2)s1. The second-order valence-electron chi connectivity index (χ2n) is 7.21. The number of aromatic nitrogens is 4. The molecule has 0 aliphatic rings. The number of carbonyl (C=O) groups excluding carboxylic acids is 1. The van der Waals surface area contributed by atoms with Gasteiger partial charge < -0.3 is 9.88 Å². The Kier molecular flexibility index (Phi) is 5.48. The zero-order valence-electron chi connectivity index (χ0n) is 16.6. The lowest BCUT2D eigenvalue weighted by Gasteiger charge is -2.08. The van der Waals surface area contributed by atoms with E-state index in [0.29, 0.717) is 22.0 Å². The molecule has 31 heavy (non-hydrogen) atoms. The molecule has 1 aromatic carbocycles. The minimum Gasteiger partial charge on any atom is -0.332 e. The monoisotopic (exact) mass is 445 g/mol. The van der Waals surface area contributed by atoms with Crippen LogP contribution >= 0.6 is 11.3 Å². The number of benzene rings is 1. The van der Waals surface area contributed by atoms with Gasteiger partial charge in [0.05, 0.1) is 29.1 Å². The number of anilines is 2. The molecule has 0 amide bonds. The zero-order chi connectivity index (χ0) is 22.2. The number of rotatable bonds is 6. The number of nitrogens with one attached hydrogen (secondary N) is 1. The van der Waals surface area contributed by atoms with Gasteiger partial charge in [-0.25, -0.2) is 9.97 Å². The number of thiazole rings is 1. The number of nitrogens with zero attached hydrogens (tertiary/aromatic N) is 4. The average Bonchev–Trinajstić information content (AvgIpc) is 3.34. The van der Waals surface area contributed by atoms with E-state index >= 15 is 0 Å². The first-order chi connectivity index (χ1) is 14.7. The van der Waals surface area contributed by atoms with Crippen molar-refractivity contribution in [2.75, 3.05) is 5.32 Å². The molecule has 0 bridgehead atoms. The predicted molar refractivity (Wildman–Crippen MR) is 113 cm³/mol. The first-order valence-corrected chi connectivity index (χ1v) is 10.2. The number of halogens is 3. The minimum atomic E-state index is -4.37. The standard InChI is InChI=1S/C21H18F3N5OS/c1-12(7-18(30)16-8-15-17(9-25-16)29(2)11-27-15)19-10-26-20(31-19)28-14-5-3-13(4-6-14)21(22,23)24/h3-6,8-12H,7H2,1-2H3,(H,26,28). The number of alkyl halides is 3. The van der Waals surface area contributed by atoms with Gasteiger partial charge in [0.15, 0.2) is 10.9 Å². The van der Waals surface area contributed by atoms with Crippen LogP contribution in [0, 0.1) is 0 Å². The molecule has 1 atom stereocenters. The number of hydrogen-bond donors (Lipinski definition) is 1. The minimum absolute atomic E-state index is 0.0885. The summed E-state index contributed by atoms with van der Waals surface area (Å²) in [5, 5.41) is 3.54. The van der Waals surface area contributed by atoms with E-state index in [9.17, 15) is 18.0 Å². The molecular formula is C21H18F3N5OS. The average molecular weight is 445 g/mol. The van der Waals surface area contributed by atoms with Crippen LogP contribution in [0.1, 0.15) is 40.2 Å². The molecule has 160 valence electrons. The Hall–Kier alpha value is -3.27. The second-order valence-corrected chi connectivity index (χ2v) is 8.27. The van der Waals surface area contributed by atoms with Gasteiger partial charge in [-0.1, -0.05) is 6.92 Å². The highest BCUT2D eigenvalue weighted by molar-refractivity contribution is 7.15. The van der Waals surface area contributed by atoms with Gasteiger partial charge in [0.2, 0.25) is 0 Å². The van der Waals surface area contributed by atoms with Crippen molar-refractivity contribution in [3.8, 4) is 0 Å². The molecule has 4 aromatic rings. The maximum absolute atomic E-state index is 12.7. The van der Waals surface area contributed by atoms with Crippen LogP contribution in [-0.2, 0) is 13.2 Å². The van der Waals surface area contributed by atoms with Crippen molar-refractivity contribution >= 4 is 39.0 Å². The molecule has 0 spiro atoms. The number of pyridine rings is 1. The van der Waals surface area contributed by atoms with Gasteiger partial charge in [0.1, 0.15) is 5.69 Å². The number of carbonyl (C=O) groups is 1. The fourth-order valence-electron chi connectivity index (χ4n) is 3.10. The molecule has 0 aliphatic heterocycles. The molecule has 0 fully saturated rings. The van der Waals surface area contributed by atoms with E-state index in [1.54, 1.807) is 24.8 Å². The number of ketones is 1. The van der Waals surface area contributed by atoms with E-state index in [0.717, 1.165) is 22.5 Å². The van der Waals surface area contributed by atoms with Gasteiger partial charge in [-0.05, 0) is 36.2 Å². The Balaban J connectivity index is 1.41. The van der Waals surface area contributed by atoms with Crippen LogP contribution in [-0.4, -0.2) is 25.3 Å². The highest BCUT2D eigenvalue weighted by Crippen LogP contribution is 2.33. The van der Waals surface area contributed by atoms with Gasteiger partial charge in [0, 0.05) is 30.2 Å². The quantitative estimate of drug-likeness (QED) is 0.393. The molecular weight excluding hydrogens is 427 g/mol. The van der Waals surface area contributed by atoms with E-state index in [4.69, 9.17) is 0 Å². The van der Waals surface area contributed by atoms with Crippen molar-refractivity contribution in [3.05, 3.63) is 65.2 Å². The lowest BCUT2D eigenvalue weighted by atomic mass is 10.0. The summed E-state index contributed by atoms with van der Waals surface area (Å²) in [4.78, 5) is 26.3. The molecule has 0 aliphatic carbocycles. The van der Waals surface area contributed by atoms with Crippen LogP contribution < -0.4 is 5.32 Å². The maximum Gasteiger partial charge on any atom is 0.416 e.